The third-order valence-corrected chi connectivity index (χ3v) is 4.47. The Balaban J connectivity index is 2.12. The molecule has 1 N–H and O–H groups in total. The lowest BCUT2D eigenvalue weighted by Gasteiger charge is -2.36. The Kier molecular flexibility index (Phi) is 5.76. The van der Waals surface area contributed by atoms with Crippen LogP contribution in [0.3, 0.4) is 0 Å². The Morgan fingerprint density at radius 1 is 1.38 bits per heavy atom. The Morgan fingerprint density at radius 2 is 2.10 bits per heavy atom. The summed E-state index contributed by atoms with van der Waals surface area (Å²) in [6.07, 6.45) is 4.30. The zero-order valence-corrected chi connectivity index (χ0v) is 13.8. The van der Waals surface area contributed by atoms with Crippen molar-refractivity contribution in [3.8, 4) is 0 Å². The summed E-state index contributed by atoms with van der Waals surface area (Å²) in [4.78, 5) is 4.66. The molecular formula is C16H29N3O2. The number of nitrogens with one attached hydrogen (secondary N) is 1. The van der Waals surface area contributed by atoms with Gasteiger partial charge in [0, 0.05) is 19.1 Å². The highest BCUT2D eigenvalue weighted by molar-refractivity contribution is 5.05. The maximum atomic E-state index is 6.08. The molecule has 120 valence electrons. The second-order valence-electron chi connectivity index (χ2n) is 6.27. The van der Waals surface area contributed by atoms with Crippen molar-refractivity contribution in [1.82, 2.24) is 15.5 Å². The largest absolute Gasteiger partial charge is 0.367 e. The summed E-state index contributed by atoms with van der Waals surface area (Å²) in [7, 11) is 0. The molecule has 1 unspecified atom stereocenters. The van der Waals surface area contributed by atoms with Crippen LogP contribution < -0.4 is 5.32 Å². The van der Waals surface area contributed by atoms with E-state index in [-0.39, 0.29) is 11.5 Å². The smallest absolute Gasteiger partial charge is 0.230 e. The topological polar surface area (TPSA) is 60.2 Å². The zero-order valence-electron chi connectivity index (χ0n) is 13.8. The molecule has 0 bridgehead atoms. The quantitative estimate of drug-likeness (QED) is 0.837. The third-order valence-electron chi connectivity index (χ3n) is 4.47. The first-order chi connectivity index (χ1) is 10.1. The summed E-state index contributed by atoms with van der Waals surface area (Å²) < 4.78 is 11.6. The fraction of sp³-hybridized carbons (Fsp3) is 0.875. The predicted octanol–water partition coefficient (Wildman–Crippen LogP) is 3.22. The molecule has 1 aliphatic carbocycles. The average Bonchev–Trinajstić information content (AvgIpc) is 2.98. The highest BCUT2D eigenvalue weighted by Gasteiger charge is 2.41. The molecule has 5 heteroatoms. The summed E-state index contributed by atoms with van der Waals surface area (Å²) in [5, 5.41) is 7.56. The number of ether oxygens (including phenoxy) is 1. The van der Waals surface area contributed by atoms with Crippen LogP contribution in [0.4, 0.5) is 0 Å². The average molecular weight is 295 g/mol. The molecule has 1 atom stereocenters. The summed E-state index contributed by atoms with van der Waals surface area (Å²) in [5.41, 5.74) is -0.332. The predicted molar refractivity (Wildman–Crippen MR) is 82.2 cm³/mol. The van der Waals surface area contributed by atoms with E-state index in [9.17, 15) is 0 Å². The lowest BCUT2D eigenvalue weighted by Crippen LogP contribution is -2.35. The highest BCUT2D eigenvalue weighted by Crippen LogP contribution is 2.41. The van der Waals surface area contributed by atoms with Gasteiger partial charge in [-0.05, 0) is 45.1 Å². The summed E-state index contributed by atoms with van der Waals surface area (Å²) in [6.45, 7) is 11.0. The molecular weight excluding hydrogens is 266 g/mol. The monoisotopic (exact) mass is 295 g/mol. The molecule has 2 rings (SSSR count). The van der Waals surface area contributed by atoms with E-state index >= 15 is 0 Å². The van der Waals surface area contributed by atoms with E-state index in [4.69, 9.17) is 9.26 Å². The second kappa shape index (κ2) is 7.36. The van der Waals surface area contributed by atoms with Gasteiger partial charge in [0.15, 0.2) is 0 Å². The number of likely N-dealkylation sites (N-methyl/N-ethyl adjacent to an activating group) is 1. The minimum Gasteiger partial charge on any atom is -0.367 e. The van der Waals surface area contributed by atoms with Crippen molar-refractivity contribution in [2.24, 2.45) is 5.92 Å². The van der Waals surface area contributed by atoms with Gasteiger partial charge in [0.05, 0.1) is 0 Å². The molecule has 1 aromatic heterocycles. The van der Waals surface area contributed by atoms with Crippen molar-refractivity contribution in [2.45, 2.75) is 64.9 Å². The zero-order chi connectivity index (χ0) is 15.3. The SMILES string of the molecule is CCNCC(C)c1nc(C2(OCC)CCC(C)CC2)no1. The minimum absolute atomic E-state index is 0.229. The summed E-state index contributed by atoms with van der Waals surface area (Å²) in [6, 6.07) is 0. The lowest BCUT2D eigenvalue weighted by molar-refractivity contribution is -0.0847. The van der Waals surface area contributed by atoms with Gasteiger partial charge >= 0.3 is 0 Å². The van der Waals surface area contributed by atoms with E-state index in [1.165, 1.54) is 0 Å². The van der Waals surface area contributed by atoms with Crippen molar-refractivity contribution in [2.75, 3.05) is 19.7 Å². The molecule has 1 fully saturated rings. The van der Waals surface area contributed by atoms with Crippen LogP contribution in [0.15, 0.2) is 4.52 Å². The molecule has 0 amide bonds. The maximum absolute atomic E-state index is 6.08. The van der Waals surface area contributed by atoms with Gasteiger partial charge in [-0.3, -0.25) is 0 Å². The molecule has 1 aliphatic rings. The first-order valence-corrected chi connectivity index (χ1v) is 8.30. The number of hydrogen-bond acceptors (Lipinski definition) is 5. The van der Waals surface area contributed by atoms with Crippen LogP contribution in [0.1, 0.15) is 71.0 Å². The summed E-state index contributed by atoms with van der Waals surface area (Å²) in [5.74, 6) is 2.45. The van der Waals surface area contributed by atoms with E-state index in [2.05, 4.69) is 36.2 Å². The van der Waals surface area contributed by atoms with Gasteiger partial charge in [-0.1, -0.05) is 25.9 Å². The molecule has 0 aromatic carbocycles. The Morgan fingerprint density at radius 3 is 2.71 bits per heavy atom. The molecule has 1 aromatic rings. The van der Waals surface area contributed by atoms with Crippen LogP contribution in [0.5, 0.6) is 0 Å². The molecule has 0 radical (unpaired) electrons. The Labute approximate surface area is 127 Å². The third kappa shape index (κ3) is 3.83. The van der Waals surface area contributed by atoms with Crippen LogP contribution in [0.2, 0.25) is 0 Å². The van der Waals surface area contributed by atoms with Gasteiger partial charge < -0.3 is 14.6 Å². The molecule has 21 heavy (non-hydrogen) atoms. The van der Waals surface area contributed by atoms with Gasteiger partial charge in [0.25, 0.3) is 0 Å². The van der Waals surface area contributed by atoms with Gasteiger partial charge in [0.2, 0.25) is 11.7 Å². The highest BCUT2D eigenvalue weighted by atomic mass is 16.5. The van der Waals surface area contributed by atoms with Gasteiger partial charge in [0.1, 0.15) is 5.60 Å². The van der Waals surface area contributed by atoms with Crippen LogP contribution in [0, 0.1) is 5.92 Å². The van der Waals surface area contributed by atoms with Crippen LogP contribution in [-0.4, -0.2) is 29.8 Å². The first-order valence-electron chi connectivity index (χ1n) is 8.30. The maximum Gasteiger partial charge on any atom is 0.230 e. The van der Waals surface area contributed by atoms with Crippen molar-refractivity contribution in [3.63, 3.8) is 0 Å². The van der Waals surface area contributed by atoms with Crippen molar-refractivity contribution in [1.29, 1.82) is 0 Å². The standard InChI is InChI=1S/C16H29N3O2/c1-5-17-11-13(4)14-18-15(19-21-14)16(20-6-2)9-7-12(3)8-10-16/h12-13,17H,5-11H2,1-4H3. The number of hydrogen-bond donors (Lipinski definition) is 1. The van der Waals surface area contributed by atoms with Crippen molar-refractivity contribution < 1.29 is 9.26 Å². The molecule has 0 spiro atoms. The Bertz CT molecular complexity index is 425. The van der Waals surface area contributed by atoms with E-state index in [0.29, 0.717) is 12.5 Å². The van der Waals surface area contributed by atoms with Crippen molar-refractivity contribution in [3.05, 3.63) is 11.7 Å². The number of rotatable bonds is 7. The van der Waals surface area contributed by atoms with E-state index in [1.54, 1.807) is 0 Å². The van der Waals surface area contributed by atoms with Gasteiger partial charge in [-0.25, -0.2) is 0 Å². The lowest BCUT2D eigenvalue weighted by atomic mass is 9.79. The van der Waals surface area contributed by atoms with Crippen LogP contribution >= 0.6 is 0 Å². The molecule has 0 aliphatic heterocycles. The fourth-order valence-electron chi connectivity index (χ4n) is 3.01. The molecule has 1 heterocycles. The number of nitrogens with zero attached hydrogens (tertiary/aromatic N) is 2. The fourth-order valence-corrected chi connectivity index (χ4v) is 3.01. The van der Waals surface area contributed by atoms with Crippen LogP contribution in [0.25, 0.3) is 0 Å². The van der Waals surface area contributed by atoms with E-state index < -0.39 is 0 Å². The van der Waals surface area contributed by atoms with E-state index in [1.807, 2.05) is 6.92 Å². The normalized spacial score (nSPS) is 27.7. The van der Waals surface area contributed by atoms with Gasteiger partial charge in [-0.15, -0.1) is 0 Å². The van der Waals surface area contributed by atoms with E-state index in [0.717, 1.165) is 50.5 Å². The molecule has 0 saturated heterocycles. The van der Waals surface area contributed by atoms with Gasteiger partial charge in [-0.2, -0.15) is 4.98 Å². The van der Waals surface area contributed by atoms with Crippen molar-refractivity contribution >= 4 is 0 Å². The molecule has 1 saturated carbocycles. The second-order valence-corrected chi connectivity index (χ2v) is 6.27. The minimum atomic E-state index is -0.332. The molecule has 5 nitrogen and oxygen atoms in total. The first kappa shape index (κ1) is 16.4. The number of aromatic nitrogens is 2. The Hall–Kier alpha value is -0.940. The van der Waals surface area contributed by atoms with Crippen LogP contribution in [-0.2, 0) is 10.3 Å². The summed E-state index contributed by atoms with van der Waals surface area (Å²) >= 11 is 0.